The highest BCUT2D eigenvalue weighted by Crippen LogP contribution is 2.25. The van der Waals surface area contributed by atoms with E-state index in [0.717, 1.165) is 24.6 Å². The van der Waals surface area contributed by atoms with Crippen molar-refractivity contribution in [3.8, 4) is 5.75 Å². The Morgan fingerprint density at radius 3 is 2.83 bits per heavy atom. The number of carbonyl (C=O) groups is 1. The van der Waals surface area contributed by atoms with E-state index in [1.165, 1.54) is 11.1 Å². The maximum absolute atomic E-state index is 10.9. The van der Waals surface area contributed by atoms with Crippen LogP contribution in [0, 0.1) is 6.92 Å². The molecule has 0 aromatic heterocycles. The number of aryl methyl sites for hydroxylation is 1. The minimum atomic E-state index is -0.496. The molecule has 2 aromatic carbocycles. The van der Waals surface area contributed by atoms with Gasteiger partial charge in [-0.25, -0.2) is 0 Å². The van der Waals surface area contributed by atoms with Gasteiger partial charge in [0.05, 0.1) is 13.2 Å². The van der Waals surface area contributed by atoms with Crippen molar-refractivity contribution in [3.63, 3.8) is 0 Å². The number of nitrogens with zero attached hydrogens (tertiary/aromatic N) is 2. The molecule has 1 saturated heterocycles. The van der Waals surface area contributed by atoms with Crippen LogP contribution in [0.4, 0.5) is 0 Å². The van der Waals surface area contributed by atoms with Gasteiger partial charge in [0, 0.05) is 20.1 Å². The summed E-state index contributed by atoms with van der Waals surface area (Å²) >= 11 is 0. The minimum absolute atomic E-state index is 0. The van der Waals surface area contributed by atoms with Crippen LogP contribution in [-0.2, 0) is 16.1 Å². The van der Waals surface area contributed by atoms with Crippen LogP contribution in [0.5, 0.6) is 5.75 Å². The molecule has 0 spiro atoms. The lowest BCUT2D eigenvalue weighted by Gasteiger charge is -2.35. The molecule has 0 saturated carbocycles. The number of primary amides is 1. The second kappa shape index (κ2) is 11.8. The van der Waals surface area contributed by atoms with Crippen LogP contribution in [-0.4, -0.2) is 50.1 Å². The fraction of sp³-hybridized carbons (Fsp3) is 0.364. The highest BCUT2D eigenvalue weighted by molar-refractivity contribution is 14.0. The summed E-state index contributed by atoms with van der Waals surface area (Å²) in [6, 6.07) is 15.9. The third-order valence-corrected chi connectivity index (χ3v) is 4.84. The average Bonchev–Trinajstić information content (AvgIpc) is 2.73. The van der Waals surface area contributed by atoms with Gasteiger partial charge in [-0.2, -0.15) is 0 Å². The highest BCUT2D eigenvalue weighted by Gasteiger charge is 2.25. The molecule has 0 aliphatic carbocycles. The average molecular weight is 524 g/mol. The number of nitrogens with one attached hydrogen (secondary N) is 1. The summed E-state index contributed by atoms with van der Waals surface area (Å²) in [5.74, 6) is 0.948. The molecule has 3 rings (SSSR count). The molecular weight excluding hydrogens is 495 g/mol. The van der Waals surface area contributed by atoms with Gasteiger partial charge in [-0.3, -0.25) is 9.79 Å². The number of carbonyl (C=O) groups excluding carboxylic acids is 1. The van der Waals surface area contributed by atoms with Crippen molar-refractivity contribution < 1.29 is 14.3 Å². The number of hydrogen-bond donors (Lipinski definition) is 2. The molecule has 1 amide bonds. The Morgan fingerprint density at radius 1 is 1.30 bits per heavy atom. The Labute approximate surface area is 194 Å². The summed E-state index contributed by atoms with van der Waals surface area (Å²) in [5, 5.41) is 3.41. The first kappa shape index (κ1) is 23.9. The summed E-state index contributed by atoms with van der Waals surface area (Å²) in [4.78, 5) is 17.5. The van der Waals surface area contributed by atoms with Crippen molar-refractivity contribution in [1.82, 2.24) is 10.2 Å². The first-order valence-corrected chi connectivity index (χ1v) is 9.69. The van der Waals surface area contributed by atoms with E-state index >= 15 is 0 Å². The number of hydrogen-bond acceptors (Lipinski definition) is 4. The van der Waals surface area contributed by atoms with E-state index in [2.05, 4.69) is 34.3 Å². The van der Waals surface area contributed by atoms with Crippen LogP contribution >= 0.6 is 24.0 Å². The first-order chi connectivity index (χ1) is 14.1. The second-order valence-electron chi connectivity index (χ2n) is 6.97. The number of amides is 1. The monoisotopic (exact) mass is 524 g/mol. The molecule has 1 aliphatic rings. The molecule has 1 unspecified atom stereocenters. The van der Waals surface area contributed by atoms with Crippen molar-refractivity contribution >= 4 is 35.8 Å². The third-order valence-electron chi connectivity index (χ3n) is 4.84. The van der Waals surface area contributed by atoms with Gasteiger partial charge in [-0.1, -0.05) is 36.4 Å². The van der Waals surface area contributed by atoms with Gasteiger partial charge in [0.15, 0.2) is 12.6 Å². The zero-order valence-corrected chi connectivity index (χ0v) is 19.7. The summed E-state index contributed by atoms with van der Waals surface area (Å²) in [5.41, 5.74) is 8.60. The molecule has 1 heterocycles. The smallest absolute Gasteiger partial charge is 0.255 e. The van der Waals surface area contributed by atoms with E-state index < -0.39 is 5.91 Å². The van der Waals surface area contributed by atoms with E-state index in [1.807, 2.05) is 30.3 Å². The molecular formula is C22H29IN4O3. The maximum atomic E-state index is 10.9. The molecule has 7 nitrogen and oxygen atoms in total. The first-order valence-electron chi connectivity index (χ1n) is 9.69. The highest BCUT2D eigenvalue weighted by atomic mass is 127. The Kier molecular flexibility index (Phi) is 9.38. The molecule has 0 radical (unpaired) electrons. The van der Waals surface area contributed by atoms with E-state index in [1.54, 1.807) is 13.1 Å². The van der Waals surface area contributed by atoms with Crippen LogP contribution in [0.3, 0.4) is 0 Å². The largest absolute Gasteiger partial charge is 0.484 e. The second-order valence-corrected chi connectivity index (χ2v) is 6.97. The van der Waals surface area contributed by atoms with Crippen LogP contribution in [0.25, 0.3) is 0 Å². The topological polar surface area (TPSA) is 89.2 Å². The van der Waals surface area contributed by atoms with Crippen LogP contribution in [0.1, 0.15) is 22.8 Å². The molecule has 1 aliphatic heterocycles. The van der Waals surface area contributed by atoms with Gasteiger partial charge in [-0.15, -0.1) is 24.0 Å². The van der Waals surface area contributed by atoms with Gasteiger partial charge < -0.3 is 25.4 Å². The van der Waals surface area contributed by atoms with Crippen LogP contribution in [0.2, 0.25) is 0 Å². The fourth-order valence-electron chi connectivity index (χ4n) is 3.39. The molecule has 1 atom stereocenters. The summed E-state index contributed by atoms with van der Waals surface area (Å²) in [6.45, 7) is 4.74. The number of guanidine groups is 1. The third kappa shape index (κ3) is 6.60. The predicted molar refractivity (Wildman–Crippen MR) is 128 cm³/mol. The van der Waals surface area contributed by atoms with Gasteiger partial charge in [-0.05, 0) is 35.7 Å². The molecule has 30 heavy (non-hydrogen) atoms. The number of ether oxygens (including phenoxy) is 2. The molecule has 0 bridgehead atoms. The Hall–Kier alpha value is -2.33. The molecule has 3 N–H and O–H groups in total. The molecule has 1 fully saturated rings. The maximum Gasteiger partial charge on any atom is 0.255 e. The van der Waals surface area contributed by atoms with Gasteiger partial charge >= 0.3 is 0 Å². The normalized spacial score (nSPS) is 16.5. The van der Waals surface area contributed by atoms with E-state index in [0.29, 0.717) is 18.9 Å². The van der Waals surface area contributed by atoms with Gasteiger partial charge in [0.2, 0.25) is 0 Å². The van der Waals surface area contributed by atoms with E-state index in [9.17, 15) is 4.79 Å². The zero-order valence-electron chi connectivity index (χ0n) is 17.3. The van der Waals surface area contributed by atoms with Crippen molar-refractivity contribution in [2.75, 3.05) is 33.4 Å². The number of benzene rings is 2. The molecule has 2 aromatic rings. The quantitative estimate of drug-likeness (QED) is 0.345. The number of rotatable bonds is 6. The summed E-state index contributed by atoms with van der Waals surface area (Å²) in [7, 11) is 1.78. The van der Waals surface area contributed by atoms with E-state index in [4.69, 9.17) is 15.2 Å². The Balaban J connectivity index is 0.00000320. The predicted octanol–water partition coefficient (Wildman–Crippen LogP) is 2.63. The van der Waals surface area contributed by atoms with Crippen molar-refractivity contribution in [1.29, 1.82) is 0 Å². The zero-order chi connectivity index (χ0) is 20.6. The number of morpholine rings is 1. The van der Waals surface area contributed by atoms with Crippen molar-refractivity contribution in [2.24, 2.45) is 10.7 Å². The number of nitrogens with two attached hydrogens (primary N) is 1. The van der Waals surface area contributed by atoms with Gasteiger partial charge in [0.1, 0.15) is 11.9 Å². The fourth-order valence-corrected chi connectivity index (χ4v) is 3.39. The molecule has 162 valence electrons. The number of halogens is 1. The minimum Gasteiger partial charge on any atom is -0.484 e. The lowest BCUT2D eigenvalue weighted by Crippen LogP contribution is -2.48. The van der Waals surface area contributed by atoms with Crippen LogP contribution < -0.4 is 15.8 Å². The van der Waals surface area contributed by atoms with E-state index in [-0.39, 0.29) is 36.7 Å². The lowest BCUT2D eigenvalue weighted by atomic mass is 10.0. The standard InChI is InChI=1S/C22H28N4O3.HI/c1-16-6-3-4-9-19(16)20-14-26(10-11-28-20)22(24-2)25-13-17-7-5-8-18(12-17)29-15-21(23)27;/h3-9,12,20H,10-11,13-15H2,1-2H3,(H2,23,27)(H,24,25);1H. The Morgan fingerprint density at radius 2 is 2.10 bits per heavy atom. The lowest BCUT2D eigenvalue weighted by molar-refractivity contribution is -0.119. The Bertz CT molecular complexity index is 875. The summed E-state index contributed by atoms with van der Waals surface area (Å²) in [6.07, 6.45) is 0.0222. The number of aliphatic imine (C=N–C) groups is 1. The van der Waals surface area contributed by atoms with Crippen molar-refractivity contribution in [3.05, 3.63) is 65.2 Å². The SMILES string of the molecule is CN=C(NCc1cccc(OCC(N)=O)c1)N1CCOC(c2ccccc2C)C1.I. The van der Waals surface area contributed by atoms with Crippen molar-refractivity contribution in [2.45, 2.75) is 19.6 Å². The van der Waals surface area contributed by atoms with Gasteiger partial charge in [0.25, 0.3) is 5.91 Å². The van der Waals surface area contributed by atoms with Crippen LogP contribution in [0.15, 0.2) is 53.5 Å². The summed E-state index contributed by atoms with van der Waals surface area (Å²) < 4.78 is 11.4. The molecule has 8 heteroatoms.